The van der Waals surface area contributed by atoms with Gasteiger partial charge in [0.25, 0.3) is 0 Å². The van der Waals surface area contributed by atoms with Gasteiger partial charge in [0.2, 0.25) is 0 Å². The molecule has 0 aliphatic rings. The van der Waals surface area contributed by atoms with E-state index in [4.69, 9.17) is 33.7 Å². The zero-order chi connectivity index (χ0) is 15.1. The molecule has 0 spiro atoms. The molecule has 0 saturated carbocycles. The van der Waals surface area contributed by atoms with Crippen LogP contribution in [0.2, 0.25) is 10.0 Å². The summed E-state index contributed by atoms with van der Waals surface area (Å²) in [7, 11) is 0. The molecule has 20 heavy (non-hydrogen) atoms. The van der Waals surface area contributed by atoms with Gasteiger partial charge < -0.3 is 10.5 Å². The Hall–Kier alpha value is -0.930. The second-order valence-electron chi connectivity index (χ2n) is 4.93. The molecule has 1 unspecified atom stereocenters. The standard InChI is InChI=1S/C15H21Cl2NO2/c1-3-4-5-6-7-10(2)20-15(19)11-8-12(16)14(17)13(18)9-11/h8-10H,3-7,18H2,1-2H3. The largest absolute Gasteiger partial charge is 0.459 e. The first-order chi connectivity index (χ1) is 9.45. The fourth-order valence-electron chi connectivity index (χ4n) is 1.90. The number of benzene rings is 1. The van der Waals surface area contributed by atoms with E-state index >= 15 is 0 Å². The molecule has 5 heteroatoms. The van der Waals surface area contributed by atoms with Crippen molar-refractivity contribution in [3.63, 3.8) is 0 Å². The summed E-state index contributed by atoms with van der Waals surface area (Å²) >= 11 is 11.7. The van der Waals surface area contributed by atoms with E-state index in [1.165, 1.54) is 25.0 Å². The average molecular weight is 318 g/mol. The second kappa shape index (κ2) is 8.38. The quantitative estimate of drug-likeness (QED) is 0.433. The number of ether oxygens (including phenoxy) is 1. The van der Waals surface area contributed by atoms with Crippen LogP contribution in [0.4, 0.5) is 5.69 Å². The van der Waals surface area contributed by atoms with E-state index in [0.717, 1.165) is 19.3 Å². The van der Waals surface area contributed by atoms with Crippen LogP contribution in [0.3, 0.4) is 0 Å². The number of carbonyl (C=O) groups is 1. The van der Waals surface area contributed by atoms with E-state index in [0.29, 0.717) is 5.56 Å². The first kappa shape index (κ1) is 17.1. The minimum absolute atomic E-state index is 0.116. The number of hydrogen-bond donors (Lipinski definition) is 1. The molecule has 0 fully saturated rings. The highest BCUT2D eigenvalue weighted by atomic mass is 35.5. The Morgan fingerprint density at radius 2 is 2.00 bits per heavy atom. The summed E-state index contributed by atoms with van der Waals surface area (Å²) in [6.07, 6.45) is 5.38. The summed E-state index contributed by atoms with van der Waals surface area (Å²) in [5, 5.41) is 0.519. The molecule has 1 atom stereocenters. The third-order valence-electron chi connectivity index (χ3n) is 3.06. The first-order valence-corrected chi connectivity index (χ1v) is 7.66. The molecule has 1 aromatic rings. The van der Waals surface area contributed by atoms with Crippen LogP contribution in [0.25, 0.3) is 0 Å². The molecule has 1 aromatic carbocycles. The lowest BCUT2D eigenvalue weighted by Crippen LogP contribution is -2.15. The van der Waals surface area contributed by atoms with Crippen LogP contribution in [0.5, 0.6) is 0 Å². The molecule has 0 aromatic heterocycles. The highest BCUT2D eigenvalue weighted by Gasteiger charge is 2.15. The van der Waals surface area contributed by atoms with Gasteiger partial charge in [-0.15, -0.1) is 0 Å². The minimum atomic E-state index is -0.418. The van der Waals surface area contributed by atoms with Crippen molar-refractivity contribution in [3.05, 3.63) is 27.7 Å². The summed E-state index contributed by atoms with van der Waals surface area (Å²) in [6, 6.07) is 2.97. The summed E-state index contributed by atoms with van der Waals surface area (Å²) in [5.74, 6) is -0.418. The average Bonchev–Trinajstić information content (AvgIpc) is 2.40. The Bertz CT molecular complexity index is 440. The maximum Gasteiger partial charge on any atom is 0.338 e. The van der Waals surface area contributed by atoms with Gasteiger partial charge in [-0.2, -0.15) is 0 Å². The van der Waals surface area contributed by atoms with Crippen LogP contribution < -0.4 is 5.73 Å². The number of anilines is 1. The fourth-order valence-corrected chi connectivity index (χ4v) is 2.23. The lowest BCUT2D eigenvalue weighted by molar-refractivity contribution is 0.0319. The van der Waals surface area contributed by atoms with Gasteiger partial charge in [-0.1, -0.05) is 49.4 Å². The molecule has 2 N–H and O–H groups in total. The predicted molar refractivity (Wildman–Crippen MR) is 84.5 cm³/mol. The van der Waals surface area contributed by atoms with E-state index in [1.54, 1.807) is 0 Å². The smallest absolute Gasteiger partial charge is 0.338 e. The third kappa shape index (κ3) is 5.22. The van der Waals surface area contributed by atoms with E-state index in [9.17, 15) is 4.79 Å². The van der Waals surface area contributed by atoms with Crippen LogP contribution in [-0.4, -0.2) is 12.1 Å². The van der Waals surface area contributed by atoms with Crippen molar-refractivity contribution >= 4 is 34.9 Å². The molecule has 1 rings (SSSR count). The Balaban J connectivity index is 2.54. The number of nitrogens with two attached hydrogens (primary N) is 1. The van der Waals surface area contributed by atoms with Crippen LogP contribution in [0, 0.1) is 0 Å². The van der Waals surface area contributed by atoms with Crippen LogP contribution >= 0.6 is 23.2 Å². The Morgan fingerprint density at radius 3 is 2.60 bits per heavy atom. The van der Waals surface area contributed by atoms with E-state index in [-0.39, 0.29) is 21.8 Å². The van der Waals surface area contributed by atoms with Gasteiger partial charge in [0.15, 0.2) is 0 Å². The van der Waals surface area contributed by atoms with Gasteiger partial charge in [-0.3, -0.25) is 0 Å². The topological polar surface area (TPSA) is 52.3 Å². The van der Waals surface area contributed by atoms with Gasteiger partial charge in [0, 0.05) is 0 Å². The van der Waals surface area contributed by atoms with Crippen molar-refractivity contribution in [2.45, 2.75) is 52.1 Å². The minimum Gasteiger partial charge on any atom is -0.459 e. The van der Waals surface area contributed by atoms with E-state index in [2.05, 4.69) is 6.92 Å². The van der Waals surface area contributed by atoms with Gasteiger partial charge >= 0.3 is 5.97 Å². The molecular formula is C15H21Cl2NO2. The van der Waals surface area contributed by atoms with Gasteiger partial charge in [0.1, 0.15) is 0 Å². The number of hydrogen-bond acceptors (Lipinski definition) is 3. The number of carbonyl (C=O) groups excluding carboxylic acids is 1. The molecule has 0 heterocycles. The number of rotatable bonds is 7. The molecular weight excluding hydrogens is 297 g/mol. The van der Waals surface area contributed by atoms with Crippen molar-refractivity contribution < 1.29 is 9.53 Å². The van der Waals surface area contributed by atoms with Crippen molar-refractivity contribution in [3.8, 4) is 0 Å². The van der Waals surface area contributed by atoms with Crippen molar-refractivity contribution in [2.24, 2.45) is 0 Å². The lowest BCUT2D eigenvalue weighted by Gasteiger charge is -2.14. The molecule has 0 saturated heterocycles. The maximum absolute atomic E-state index is 12.0. The third-order valence-corrected chi connectivity index (χ3v) is 3.88. The number of nitrogen functional groups attached to an aromatic ring is 1. The molecule has 0 aliphatic carbocycles. The first-order valence-electron chi connectivity index (χ1n) is 6.91. The number of esters is 1. The van der Waals surface area contributed by atoms with Crippen molar-refractivity contribution in [1.29, 1.82) is 0 Å². The number of halogens is 2. The summed E-state index contributed by atoms with van der Waals surface area (Å²) in [4.78, 5) is 12.0. The van der Waals surface area contributed by atoms with Crippen LogP contribution in [0.1, 0.15) is 56.3 Å². The zero-order valence-electron chi connectivity index (χ0n) is 11.9. The summed E-state index contributed by atoms with van der Waals surface area (Å²) < 4.78 is 5.37. The lowest BCUT2D eigenvalue weighted by atomic mass is 10.1. The molecule has 0 bridgehead atoms. The molecule has 3 nitrogen and oxygen atoms in total. The summed E-state index contributed by atoms with van der Waals surface area (Å²) in [6.45, 7) is 4.06. The molecule has 0 aliphatic heterocycles. The Morgan fingerprint density at radius 1 is 1.30 bits per heavy atom. The SMILES string of the molecule is CCCCCCC(C)OC(=O)c1cc(N)c(Cl)c(Cl)c1. The normalized spacial score (nSPS) is 12.2. The van der Waals surface area contributed by atoms with E-state index < -0.39 is 5.97 Å². The van der Waals surface area contributed by atoms with Gasteiger partial charge in [-0.25, -0.2) is 4.79 Å². The highest BCUT2D eigenvalue weighted by molar-refractivity contribution is 6.43. The van der Waals surface area contributed by atoms with E-state index in [1.807, 2.05) is 6.92 Å². The van der Waals surface area contributed by atoms with Gasteiger partial charge in [0.05, 0.1) is 27.4 Å². The number of unbranched alkanes of at least 4 members (excludes halogenated alkanes) is 3. The van der Waals surface area contributed by atoms with Crippen molar-refractivity contribution in [2.75, 3.05) is 5.73 Å². The predicted octanol–water partition coefficient (Wildman–Crippen LogP) is 5.09. The van der Waals surface area contributed by atoms with Crippen LogP contribution in [-0.2, 0) is 4.74 Å². The Kier molecular flexibility index (Phi) is 7.17. The van der Waals surface area contributed by atoms with Crippen molar-refractivity contribution in [1.82, 2.24) is 0 Å². The zero-order valence-corrected chi connectivity index (χ0v) is 13.4. The summed E-state index contributed by atoms with van der Waals surface area (Å²) in [5.41, 5.74) is 6.29. The molecule has 0 radical (unpaired) electrons. The highest BCUT2D eigenvalue weighted by Crippen LogP contribution is 2.29. The second-order valence-corrected chi connectivity index (χ2v) is 5.71. The van der Waals surface area contributed by atoms with Gasteiger partial charge in [-0.05, 0) is 31.9 Å². The van der Waals surface area contributed by atoms with Crippen LogP contribution in [0.15, 0.2) is 12.1 Å². The molecule has 0 amide bonds. The molecule has 112 valence electrons. The Labute approximate surface area is 130 Å². The maximum atomic E-state index is 12.0. The monoisotopic (exact) mass is 317 g/mol. The fraction of sp³-hybridized carbons (Fsp3) is 0.533.